The minimum Gasteiger partial charge on any atom is -0.330 e. The van der Waals surface area contributed by atoms with Crippen LogP contribution >= 0.6 is 15.9 Å². The van der Waals surface area contributed by atoms with Crippen molar-refractivity contribution in [2.75, 3.05) is 20.1 Å². The topological polar surface area (TPSA) is 29.3 Å². The van der Waals surface area contributed by atoms with Gasteiger partial charge in [0.1, 0.15) is 0 Å². The van der Waals surface area contributed by atoms with Gasteiger partial charge in [-0.15, -0.1) is 0 Å². The van der Waals surface area contributed by atoms with Crippen LogP contribution in [0.1, 0.15) is 24.8 Å². The van der Waals surface area contributed by atoms with E-state index in [1.54, 1.807) is 0 Å². The number of nitrogens with two attached hydrogens (primary N) is 1. The van der Waals surface area contributed by atoms with Gasteiger partial charge in [0.25, 0.3) is 0 Å². The molecule has 0 aromatic heterocycles. The molecular formula is C14H21BrN2. The second-order valence-electron chi connectivity index (χ2n) is 5.36. The van der Waals surface area contributed by atoms with Crippen molar-refractivity contribution in [1.29, 1.82) is 0 Å². The zero-order valence-electron chi connectivity index (χ0n) is 10.5. The summed E-state index contributed by atoms with van der Waals surface area (Å²) >= 11 is 3.46. The van der Waals surface area contributed by atoms with Gasteiger partial charge in [-0.3, -0.25) is 0 Å². The first kappa shape index (κ1) is 13.1. The van der Waals surface area contributed by atoms with Crippen LogP contribution < -0.4 is 5.73 Å². The van der Waals surface area contributed by atoms with E-state index in [0.29, 0.717) is 5.41 Å². The number of benzene rings is 1. The van der Waals surface area contributed by atoms with Crippen molar-refractivity contribution in [1.82, 2.24) is 4.90 Å². The normalized spacial score (nSPS) is 18.1. The molecule has 2 N–H and O–H groups in total. The molecule has 0 heterocycles. The average molecular weight is 297 g/mol. The molecule has 0 aliphatic heterocycles. The Morgan fingerprint density at radius 3 is 2.41 bits per heavy atom. The summed E-state index contributed by atoms with van der Waals surface area (Å²) in [6.45, 7) is 2.96. The van der Waals surface area contributed by atoms with Crippen LogP contribution in [-0.2, 0) is 6.54 Å². The molecular weight excluding hydrogens is 276 g/mol. The van der Waals surface area contributed by atoms with Crippen LogP contribution in [0.15, 0.2) is 28.7 Å². The van der Waals surface area contributed by atoms with Gasteiger partial charge in [0, 0.05) is 17.6 Å². The van der Waals surface area contributed by atoms with Crippen LogP contribution in [0, 0.1) is 5.41 Å². The fraction of sp³-hybridized carbons (Fsp3) is 0.571. The first-order valence-corrected chi connectivity index (χ1v) is 7.06. The quantitative estimate of drug-likeness (QED) is 0.905. The summed E-state index contributed by atoms with van der Waals surface area (Å²) in [5.41, 5.74) is 7.67. The van der Waals surface area contributed by atoms with Gasteiger partial charge in [0.15, 0.2) is 0 Å². The highest BCUT2D eigenvalue weighted by molar-refractivity contribution is 9.10. The first-order valence-electron chi connectivity index (χ1n) is 6.27. The summed E-state index contributed by atoms with van der Waals surface area (Å²) in [6.07, 6.45) is 3.95. The molecule has 2 nitrogen and oxygen atoms in total. The zero-order valence-corrected chi connectivity index (χ0v) is 12.0. The summed E-state index contributed by atoms with van der Waals surface area (Å²) in [5, 5.41) is 0. The summed E-state index contributed by atoms with van der Waals surface area (Å²) < 4.78 is 1.14. The summed E-state index contributed by atoms with van der Waals surface area (Å²) in [5.74, 6) is 0. The lowest BCUT2D eigenvalue weighted by atomic mass is 9.68. The first-order chi connectivity index (χ1) is 8.13. The molecule has 94 valence electrons. The van der Waals surface area contributed by atoms with E-state index >= 15 is 0 Å². The second kappa shape index (κ2) is 5.51. The molecule has 2 rings (SSSR count). The predicted molar refractivity (Wildman–Crippen MR) is 75.8 cm³/mol. The van der Waals surface area contributed by atoms with Crippen molar-refractivity contribution >= 4 is 15.9 Å². The lowest BCUT2D eigenvalue weighted by Gasteiger charge is -2.43. The Bertz CT molecular complexity index is 351. The minimum absolute atomic E-state index is 0.407. The van der Waals surface area contributed by atoms with E-state index < -0.39 is 0 Å². The summed E-state index contributed by atoms with van der Waals surface area (Å²) in [7, 11) is 2.19. The van der Waals surface area contributed by atoms with Gasteiger partial charge in [-0.1, -0.05) is 34.5 Å². The molecule has 17 heavy (non-hydrogen) atoms. The van der Waals surface area contributed by atoms with E-state index in [1.165, 1.54) is 24.8 Å². The van der Waals surface area contributed by atoms with E-state index in [0.717, 1.165) is 24.1 Å². The second-order valence-corrected chi connectivity index (χ2v) is 6.27. The highest BCUT2D eigenvalue weighted by Gasteiger charge is 2.36. The predicted octanol–water partition coefficient (Wildman–Crippen LogP) is 3.01. The molecule has 0 unspecified atom stereocenters. The van der Waals surface area contributed by atoms with Gasteiger partial charge >= 0.3 is 0 Å². The molecule has 1 fully saturated rings. The SMILES string of the molecule is CN(Cc1ccc(Br)cc1)CC1(CN)CCC1. The molecule has 0 amide bonds. The van der Waals surface area contributed by atoms with E-state index in [9.17, 15) is 0 Å². The molecule has 0 bridgehead atoms. The molecule has 1 aliphatic rings. The molecule has 0 radical (unpaired) electrons. The molecule has 1 aliphatic carbocycles. The molecule has 3 heteroatoms. The maximum atomic E-state index is 5.90. The third kappa shape index (κ3) is 3.30. The fourth-order valence-electron chi connectivity index (χ4n) is 2.63. The molecule has 1 aromatic rings. The van der Waals surface area contributed by atoms with Gasteiger partial charge in [0.2, 0.25) is 0 Å². The molecule has 0 saturated heterocycles. The Kier molecular flexibility index (Phi) is 4.23. The van der Waals surface area contributed by atoms with Crippen molar-refractivity contribution < 1.29 is 0 Å². The van der Waals surface area contributed by atoms with Crippen LogP contribution in [0.5, 0.6) is 0 Å². The smallest absolute Gasteiger partial charge is 0.0230 e. The van der Waals surface area contributed by atoms with E-state index in [2.05, 4.69) is 52.1 Å². The van der Waals surface area contributed by atoms with Crippen molar-refractivity contribution in [3.63, 3.8) is 0 Å². The number of rotatable bonds is 5. The summed E-state index contributed by atoms with van der Waals surface area (Å²) in [6, 6.07) is 8.56. The standard InChI is InChI=1S/C14H21BrN2/c1-17(11-14(10-16)7-2-8-14)9-12-3-5-13(15)6-4-12/h3-6H,2,7-11,16H2,1H3. The van der Waals surface area contributed by atoms with Crippen LogP contribution in [0.2, 0.25) is 0 Å². The molecule has 0 spiro atoms. The Hall–Kier alpha value is -0.380. The largest absolute Gasteiger partial charge is 0.330 e. The van der Waals surface area contributed by atoms with Gasteiger partial charge in [0.05, 0.1) is 0 Å². The zero-order chi connectivity index (χ0) is 12.3. The number of nitrogens with zero attached hydrogens (tertiary/aromatic N) is 1. The van der Waals surface area contributed by atoms with E-state index in [1.807, 2.05) is 0 Å². The van der Waals surface area contributed by atoms with Gasteiger partial charge in [-0.2, -0.15) is 0 Å². The Balaban J connectivity index is 1.88. The third-order valence-electron chi connectivity index (χ3n) is 3.82. The fourth-order valence-corrected chi connectivity index (χ4v) is 2.90. The van der Waals surface area contributed by atoms with Crippen molar-refractivity contribution in [3.8, 4) is 0 Å². The van der Waals surface area contributed by atoms with E-state index in [-0.39, 0.29) is 0 Å². The van der Waals surface area contributed by atoms with Crippen molar-refractivity contribution in [2.45, 2.75) is 25.8 Å². The van der Waals surface area contributed by atoms with Crippen LogP contribution in [0.25, 0.3) is 0 Å². The molecule has 1 aromatic carbocycles. The van der Waals surface area contributed by atoms with Crippen molar-refractivity contribution in [3.05, 3.63) is 34.3 Å². The van der Waals surface area contributed by atoms with Crippen LogP contribution in [0.3, 0.4) is 0 Å². The van der Waals surface area contributed by atoms with E-state index in [4.69, 9.17) is 5.73 Å². The Morgan fingerprint density at radius 1 is 1.29 bits per heavy atom. The highest BCUT2D eigenvalue weighted by Crippen LogP contribution is 2.40. The lowest BCUT2D eigenvalue weighted by molar-refractivity contribution is 0.0845. The third-order valence-corrected chi connectivity index (χ3v) is 4.35. The van der Waals surface area contributed by atoms with Crippen LogP contribution in [-0.4, -0.2) is 25.0 Å². The monoisotopic (exact) mass is 296 g/mol. The van der Waals surface area contributed by atoms with Crippen LogP contribution in [0.4, 0.5) is 0 Å². The molecule has 0 atom stereocenters. The Morgan fingerprint density at radius 2 is 1.94 bits per heavy atom. The molecule has 1 saturated carbocycles. The number of hydrogen-bond donors (Lipinski definition) is 1. The lowest BCUT2D eigenvalue weighted by Crippen LogP contribution is -2.45. The Labute approximate surface area is 112 Å². The number of halogens is 1. The van der Waals surface area contributed by atoms with Gasteiger partial charge < -0.3 is 10.6 Å². The minimum atomic E-state index is 0.407. The van der Waals surface area contributed by atoms with Crippen molar-refractivity contribution in [2.24, 2.45) is 11.1 Å². The summed E-state index contributed by atoms with van der Waals surface area (Å²) in [4.78, 5) is 2.40. The number of hydrogen-bond acceptors (Lipinski definition) is 2. The maximum Gasteiger partial charge on any atom is 0.0230 e. The average Bonchev–Trinajstić information content (AvgIpc) is 2.27. The highest BCUT2D eigenvalue weighted by atomic mass is 79.9. The van der Waals surface area contributed by atoms with Gasteiger partial charge in [-0.25, -0.2) is 0 Å². The maximum absolute atomic E-state index is 5.90. The van der Waals surface area contributed by atoms with Gasteiger partial charge in [-0.05, 0) is 49.5 Å².